The summed E-state index contributed by atoms with van der Waals surface area (Å²) in [6.07, 6.45) is 0.419. The zero-order valence-electron chi connectivity index (χ0n) is 11.8. The highest BCUT2D eigenvalue weighted by Gasteiger charge is 2.21. The molecule has 0 rings (SSSR count). The van der Waals surface area contributed by atoms with E-state index in [0.717, 1.165) is 0 Å². The Labute approximate surface area is 114 Å². The maximum atomic E-state index is 11.1. The van der Waals surface area contributed by atoms with Crippen molar-refractivity contribution in [3.8, 4) is 0 Å². The fourth-order valence-electron chi connectivity index (χ4n) is 1.04. The minimum Gasteiger partial charge on any atom is -0.444 e. The normalized spacial score (nSPS) is 13.4. The van der Waals surface area contributed by atoms with Crippen LogP contribution < -0.4 is 0 Å². The summed E-state index contributed by atoms with van der Waals surface area (Å²) in [5.41, 5.74) is -0.434. The highest BCUT2D eigenvalue weighted by Crippen LogP contribution is 2.28. The molecule has 1 atom stereocenters. The number of carbonyl (C=O) groups excluding carboxylic acids is 1. The van der Waals surface area contributed by atoms with E-state index in [1.807, 2.05) is 0 Å². The van der Waals surface area contributed by atoms with Crippen LogP contribution in [0.1, 0.15) is 27.2 Å². The fourth-order valence-corrected chi connectivity index (χ4v) is 1.62. The van der Waals surface area contributed by atoms with Gasteiger partial charge >= 0.3 is 14.2 Å². The third-order valence-corrected chi connectivity index (χ3v) is 2.83. The molecule has 8 heteroatoms. The summed E-state index contributed by atoms with van der Waals surface area (Å²) in [6.45, 7) is 8.63. The summed E-state index contributed by atoms with van der Waals surface area (Å²) in [5.74, 6) is -0.488. The lowest BCUT2D eigenvalue weighted by molar-refractivity contribution is -0.199. The van der Waals surface area contributed by atoms with Crippen LogP contribution in [0.2, 0.25) is 0 Å². The smallest absolute Gasteiger partial charge is 0.334 e. The summed E-state index contributed by atoms with van der Waals surface area (Å²) < 4.78 is 20.3. The Morgan fingerprint density at radius 2 is 2.05 bits per heavy atom. The quantitative estimate of drug-likeness (QED) is 0.227. The van der Waals surface area contributed by atoms with Gasteiger partial charge in [0.1, 0.15) is 0 Å². The van der Waals surface area contributed by atoms with Gasteiger partial charge in [0.15, 0.2) is 6.73 Å². The molecule has 1 unspecified atom stereocenters. The number of rotatable bonds is 9. The van der Waals surface area contributed by atoms with Gasteiger partial charge in [-0.25, -0.2) is 4.79 Å². The Kier molecular flexibility index (Phi) is 8.13. The zero-order chi connectivity index (χ0) is 15.1. The van der Waals surface area contributed by atoms with Crippen LogP contribution in [-0.2, 0) is 23.5 Å². The lowest BCUT2D eigenvalue weighted by Gasteiger charge is -2.24. The van der Waals surface area contributed by atoms with Gasteiger partial charge in [-0.3, -0.25) is 9.40 Å². The van der Waals surface area contributed by atoms with Gasteiger partial charge in [0.2, 0.25) is 0 Å². The largest absolute Gasteiger partial charge is 0.444 e. The summed E-state index contributed by atoms with van der Waals surface area (Å²) in [7, 11) is -1.36. The summed E-state index contributed by atoms with van der Waals surface area (Å²) in [5, 5.41) is 1.35. The van der Waals surface area contributed by atoms with Gasteiger partial charge in [-0.1, -0.05) is 6.58 Å². The van der Waals surface area contributed by atoms with Crippen LogP contribution in [0.3, 0.4) is 0 Å². The molecule has 0 saturated carbocycles. The predicted octanol–water partition coefficient (Wildman–Crippen LogP) is 1.49. The molecule has 7 nitrogen and oxygen atoms in total. The van der Waals surface area contributed by atoms with Crippen molar-refractivity contribution in [1.82, 2.24) is 5.06 Å². The van der Waals surface area contributed by atoms with Crippen LogP contribution in [0.4, 0.5) is 0 Å². The predicted molar refractivity (Wildman–Crippen MR) is 70.5 cm³/mol. The minimum atomic E-state index is -2.97. The first-order valence-electron chi connectivity index (χ1n) is 5.72. The maximum absolute atomic E-state index is 11.1. The summed E-state index contributed by atoms with van der Waals surface area (Å²) in [4.78, 5) is 25.1. The van der Waals surface area contributed by atoms with Gasteiger partial charge in [0.25, 0.3) is 0 Å². The fraction of sp³-hybridized carbons (Fsp3) is 0.727. The number of hydrogen-bond donors (Lipinski definition) is 1. The Morgan fingerprint density at radius 1 is 1.47 bits per heavy atom. The monoisotopic (exact) mass is 295 g/mol. The van der Waals surface area contributed by atoms with E-state index in [2.05, 4.69) is 6.58 Å². The third kappa shape index (κ3) is 9.81. The lowest BCUT2D eigenvalue weighted by atomic mass is 10.1. The molecule has 0 aromatic rings. The molecule has 0 aromatic carbocycles. The van der Waals surface area contributed by atoms with E-state index < -0.39 is 19.8 Å². The molecule has 19 heavy (non-hydrogen) atoms. The second kappa shape index (κ2) is 8.45. The van der Waals surface area contributed by atoms with Crippen molar-refractivity contribution in [3.63, 3.8) is 0 Å². The average Bonchev–Trinajstić information content (AvgIpc) is 2.23. The average molecular weight is 295 g/mol. The molecule has 0 aliphatic carbocycles. The van der Waals surface area contributed by atoms with Crippen LogP contribution in [-0.4, -0.2) is 41.9 Å². The molecular weight excluding hydrogens is 273 g/mol. The Bertz CT molecular complexity index is 344. The number of hydroxylamine groups is 2. The van der Waals surface area contributed by atoms with Crippen LogP contribution >= 0.6 is 8.25 Å². The lowest BCUT2D eigenvalue weighted by Crippen LogP contribution is -2.29. The van der Waals surface area contributed by atoms with Crippen molar-refractivity contribution in [2.75, 3.05) is 20.4 Å². The van der Waals surface area contributed by atoms with Gasteiger partial charge in [-0.05, 0) is 20.8 Å². The molecule has 0 heterocycles. The van der Waals surface area contributed by atoms with E-state index in [4.69, 9.17) is 19.0 Å². The first-order chi connectivity index (χ1) is 8.64. The van der Waals surface area contributed by atoms with Crippen molar-refractivity contribution < 1.29 is 28.4 Å². The van der Waals surface area contributed by atoms with Gasteiger partial charge in [-0.15, -0.1) is 0 Å². The standard InChI is InChI=1S/C11H22NO6P/c1-9(2)10(13)16-8-12(5)17-7-6-11(3,4)18-19(14)15/h19H,1,6-8H2,2-5H3,(H,14,15). The van der Waals surface area contributed by atoms with Crippen molar-refractivity contribution in [1.29, 1.82) is 0 Å². The second-order valence-corrected chi connectivity index (χ2v) is 5.42. The number of esters is 1. The molecule has 0 radical (unpaired) electrons. The SMILES string of the molecule is C=C(C)C(=O)OCN(C)OCCC(C)(C)O[PH](=O)O. The minimum absolute atomic E-state index is 0.0242. The Balaban J connectivity index is 3.85. The summed E-state index contributed by atoms with van der Waals surface area (Å²) in [6, 6.07) is 0. The van der Waals surface area contributed by atoms with Crippen LogP contribution in [0, 0.1) is 0 Å². The van der Waals surface area contributed by atoms with E-state index in [9.17, 15) is 9.36 Å². The van der Waals surface area contributed by atoms with Crippen LogP contribution in [0.15, 0.2) is 12.2 Å². The third-order valence-electron chi connectivity index (χ3n) is 2.11. The summed E-state index contributed by atoms with van der Waals surface area (Å²) >= 11 is 0. The molecule has 112 valence electrons. The van der Waals surface area contributed by atoms with Gasteiger partial charge in [0, 0.05) is 19.0 Å². The maximum Gasteiger partial charge on any atom is 0.334 e. The molecule has 0 aliphatic heterocycles. The van der Waals surface area contributed by atoms with Crippen molar-refractivity contribution >= 4 is 14.2 Å². The molecule has 1 N–H and O–H groups in total. The molecule has 0 saturated heterocycles. The first-order valence-corrected chi connectivity index (χ1v) is 6.99. The van der Waals surface area contributed by atoms with Crippen LogP contribution in [0.25, 0.3) is 0 Å². The number of nitrogens with zero attached hydrogens (tertiary/aromatic N) is 1. The molecule has 0 bridgehead atoms. The van der Waals surface area contributed by atoms with Gasteiger partial charge in [-0.2, -0.15) is 5.06 Å². The number of ether oxygens (including phenoxy) is 1. The highest BCUT2D eigenvalue weighted by molar-refractivity contribution is 7.32. The van der Waals surface area contributed by atoms with E-state index in [-0.39, 0.29) is 13.3 Å². The van der Waals surface area contributed by atoms with Gasteiger partial charge in [0.05, 0.1) is 12.2 Å². The molecule has 0 aliphatic rings. The van der Waals surface area contributed by atoms with E-state index in [1.165, 1.54) is 5.06 Å². The van der Waals surface area contributed by atoms with E-state index >= 15 is 0 Å². The molecule has 0 amide bonds. The molecule has 0 aromatic heterocycles. The molecular formula is C11H22NO6P. The van der Waals surface area contributed by atoms with Crippen molar-refractivity contribution in [2.45, 2.75) is 32.8 Å². The number of carbonyl (C=O) groups is 1. The van der Waals surface area contributed by atoms with Crippen molar-refractivity contribution in [3.05, 3.63) is 12.2 Å². The van der Waals surface area contributed by atoms with E-state index in [0.29, 0.717) is 12.0 Å². The van der Waals surface area contributed by atoms with E-state index in [1.54, 1.807) is 27.8 Å². The Hall–Kier alpha value is -0.720. The first kappa shape index (κ1) is 18.3. The molecule has 0 spiro atoms. The van der Waals surface area contributed by atoms with Crippen LogP contribution in [0.5, 0.6) is 0 Å². The number of hydrogen-bond acceptors (Lipinski definition) is 6. The second-order valence-electron chi connectivity index (χ2n) is 4.68. The van der Waals surface area contributed by atoms with Crippen molar-refractivity contribution in [2.24, 2.45) is 0 Å². The highest BCUT2D eigenvalue weighted by atomic mass is 31.1. The zero-order valence-corrected chi connectivity index (χ0v) is 12.8. The topological polar surface area (TPSA) is 85.3 Å². The molecule has 0 fully saturated rings. The van der Waals surface area contributed by atoms with Gasteiger partial charge < -0.3 is 14.2 Å². The Morgan fingerprint density at radius 3 is 2.53 bits per heavy atom.